The van der Waals surface area contributed by atoms with E-state index in [1.54, 1.807) is 6.20 Å². The molecule has 176 valence electrons. The minimum absolute atomic E-state index is 0.194. The predicted octanol–water partition coefficient (Wildman–Crippen LogP) is 1.08. The molecular weight excluding hydrogens is 422 g/mol. The van der Waals surface area contributed by atoms with Crippen LogP contribution in [0.25, 0.3) is 0 Å². The third kappa shape index (κ3) is 10.6. The first-order valence-corrected chi connectivity index (χ1v) is 9.92. The fourth-order valence-electron chi connectivity index (χ4n) is 2.15. The van der Waals surface area contributed by atoms with Gasteiger partial charge in [0.1, 0.15) is 32.0 Å². The van der Waals surface area contributed by atoms with Crippen LogP contribution in [0.1, 0.15) is 13.8 Å². The van der Waals surface area contributed by atoms with E-state index >= 15 is 0 Å². The minimum atomic E-state index is -0.952. The van der Waals surface area contributed by atoms with Crippen molar-refractivity contribution in [3.8, 4) is 0 Å². The third-order valence-corrected chi connectivity index (χ3v) is 3.84. The lowest BCUT2D eigenvalue weighted by Crippen LogP contribution is -2.31. The van der Waals surface area contributed by atoms with Crippen LogP contribution in [-0.4, -0.2) is 81.5 Å². The van der Waals surface area contributed by atoms with E-state index in [2.05, 4.69) is 13.2 Å². The highest BCUT2D eigenvalue weighted by molar-refractivity contribution is 6.14. The second kappa shape index (κ2) is 14.6. The lowest BCUT2D eigenvalue weighted by atomic mass is 10.2. The summed E-state index contributed by atoms with van der Waals surface area (Å²) in [7, 11) is 0. The van der Waals surface area contributed by atoms with Crippen molar-refractivity contribution >= 4 is 23.9 Å². The molecule has 1 fully saturated rings. The number of nitrogens with zero attached hydrogens (tertiary/aromatic N) is 1. The zero-order chi connectivity index (χ0) is 23.9. The van der Waals surface area contributed by atoms with Gasteiger partial charge < -0.3 is 28.6 Å². The van der Waals surface area contributed by atoms with Gasteiger partial charge in [0, 0.05) is 24.2 Å². The Hall–Kier alpha value is -3.40. The number of hydrogen-bond acceptors (Lipinski definition) is 10. The van der Waals surface area contributed by atoms with E-state index in [0.717, 1.165) is 0 Å². The number of rotatable bonds is 12. The van der Waals surface area contributed by atoms with Crippen LogP contribution in [0.2, 0.25) is 0 Å². The largest absolute Gasteiger partial charge is 0.459 e. The zero-order valence-corrected chi connectivity index (χ0v) is 18.4. The molecule has 0 bridgehead atoms. The highest BCUT2D eigenvalue weighted by Gasteiger charge is 2.21. The Kier molecular flexibility index (Phi) is 12.1. The van der Waals surface area contributed by atoms with Crippen molar-refractivity contribution in [3.05, 3.63) is 48.2 Å². The van der Waals surface area contributed by atoms with Crippen LogP contribution in [0, 0.1) is 0 Å². The summed E-state index contributed by atoms with van der Waals surface area (Å²) in [5.41, 5.74) is 0.0501. The fraction of sp³-hybridized carbons (Fsp3) is 0.455. The van der Waals surface area contributed by atoms with E-state index in [9.17, 15) is 19.2 Å². The molecule has 32 heavy (non-hydrogen) atoms. The molecule has 1 saturated heterocycles. The van der Waals surface area contributed by atoms with Crippen molar-refractivity contribution < 1.29 is 42.9 Å². The van der Waals surface area contributed by atoms with Crippen molar-refractivity contribution in [2.24, 2.45) is 0 Å². The van der Waals surface area contributed by atoms with Gasteiger partial charge in [-0.15, -0.1) is 0 Å². The maximum Gasteiger partial charge on any atom is 0.345 e. The summed E-state index contributed by atoms with van der Waals surface area (Å²) in [4.78, 5) is 49.4. The van der Waals surface area contributed by atoms with Crippen LogP contribution in [0.5, 0.6) is 0 Å². The molecule has 1 rings (SSSR count). The number of carbonyl (C=O) groups excluding carboxylic acids is 4. The molecule has 0 aromatic heterocycles. The Morgan fingerprint density at radius 3 is 1.59 bits per heavy atom. The van der Waals surface area contributed by atoms with E-state index in [1.165, 1.54) is 26.0 Å². The highest BCUT2D eigenvalue weighted by Crippen LogP contribution is 2.05. The maximum absolute atomic E-state index is 12.4. The first-order valence-electron chi connectivity index (χ1n) is 9.92. The summed E-state index contributed by atoms with van der Waals surface area (Å²) in [5, 5.41) is 0. The Balaban J connectivity index is 2.67. The van der Waals surface area contributed by atoms with Crippen molar-refractivity contribution in [2.45, 2.75) is 13.8 Å². The number of allylic oxidation sites excluding steroid dienone is 2. The lowest BCUT2D eigenvalue weighted by Gasteiger charge is -2.24. The van der Waals surface area contributed by atoms with E-state index < -0.39 is 23.9 Å². The first-order chi connectivity index (χ1) is 15.2. The van der Waals surface area contributed by atoms with E-state index in [1.807, 2.05) is 4.90 Å². The Morgan fingerprint density at radius 1 is 0.781 bits per heavy atom. The quantitative estimate of drug-likeness (QED) is 0.0811. The van der Waals surface area contributed by atoms with Crippen LogP contribution in [0.3, 0.4) is 0 Å². The summed E-state index contributed by atoms with van der Waals surface area (Å²) >= 11 is 0. The van der Waals surface area contributed by atoms with Gasteiger partial charge >= 0.3 is 23.9 Å². The molecule has 0 aromatic rings. The smallest absolute Gasteiger partial charge is 0.345 e. The van der Waals surface area contributed by atoms with Crippen LogP contribution in [0.4, 0.5) is 0 Å². The van der Waals surface area contributed by atoms with Crippen LogP contribution < -0.4 is 0 Å². The molecule has 10 heteroatoms. The fourth-order valence-corrected chi connectivity index (χ4v) is 2.15. The molecule has 1 heterocycles. The molecule has 1 aliphatic heterocycles. The summed E-state index contributed by atoms with van der Waals surface area (Å²) in [6.07, 6.45) is 4.50. The summed E-state index contributed by atoms with van der Waals surface area (Å²) in [6, 6.07) is 0. The van der Waals surface area contributed by atoms with Gasteiger partial charge in [0.2, 0.25) is 0 Å². The van der Waals surface area contributed by atoms with Crippen LogP contribution >= 0.6 is 0 Å². The number of esters is 4. The number of ether oxygens (including phenoxy) is 5. The van der Waals surface area contributed by atoms with Gasteiger partial charge in [0.05, 0.1) is 13.2 Å². The maximum atomic E-state index is 12.4. The summed E-state index contributed by atoms with van der Waals surface area (Å²) < 4.78 is 24.9. The molecule has 0 saturated carbocycles. The number of morpholine rings is 1. The molecule has 0 N–H and O–H groups in total. The van der Waals surface area contributed by atoms with Gasteiger partial charge in [0.15, 0.2) is 0 Å². The molecule has 0 unspecified atom stereocenters. The summed E-state index contributed by atoms with van der Waals surface area (Å²) in [6.45, 7) is 11.5. The Labute approximate surface area is 187 Å². The molecule has 0 amide bonds. The van der Waals surface area contributed by atoms with E-state index in [-0.39, 0.29) is 43.1 Å². The summed E-state index contributed by atoms with van der Waals surface area (Å²) in [5.74, 6) is -3.14. The van der Waals surface area contributed by atoms with E-state index in [4.69, 9.17) is 23.7 Å². The highest BCUT2D eigenvalue weighted by atomic mass is 16.6. The average molecular weight is 451 g/mol. The van der Waals surface area contributed by atoms with Crippen molar-refractivity contribution in [1.82, 2.24) is 4.90 Å². The Morgan fingerprint density at radius 2 is 1.19 bits per heavy atom. The molecular formula is C22H29NO9. The molecule has 1 aliphatic rings. The molecule has 0 spiro atoms. The SMILES string of the molecule is C=C(C)C(=O)OCCOC(=O)C(=C/C=C/N1CCOCC1)C(=O)OCCOC(=O)C(=C)C. The monoisotopic (exact) mass is 451 g/mol. The standard InChI is InChI=1S/C22H29NO9/c1-16(2)19(24)29-12-14-31-21(26)18(6-5-7-23-8-10-28-11-9-23)22(27)32-15-13-30-20(25)17(3)4/h5-7H,1,3,8-15H2,2,4H3/b7-5+. The van der Waals surface area contributed by atoms with Gasteiger partial charge in [-0.25, -0.2) is 19.2 Å². The first kappa shape index (κ1) is 26.6. The second-order valence-corrected chi connectivity index (χ2v) is 6.67. The van der Waals surface area contributed by atoms with Gasteiger partial charge in [-0.1, -0.05) is 13.2 Å². The van der Waals surface area contributed by atoms with Gasteiger partial charge in [-0.3, -0.25) is 0 Å². The van der Waals surface area contributed by atoms with Gasteiger partial charge in [-0.2, -0.15) is 0 Å². The van der Waals surface area contributed by atoms with Crippen molar-refractivity contribution in [3.63, 3.8) is 0 Å². The van der Waals surface area contributed by atoms with Crippen molar-refractivity contribution in [2.75, 3.05) is 52.7 Å². The molecule has 10 nitrogen and oxygen atoms in total. The lowest BCUT2D eigenvalue weighted by molar-refractivity contribution is -0.153. The second-order valence-electron chi connectivity index (χ2n) is 6.67. The van der Waals surface area contributed by atoms with Crippen molar-refractivity contribution in [1.29, 1.82) is 0 Å². The average Bonchev–Trinajstić information content (AvgIpc) is 2.77. The number of carbonyl (C=O) groups is 4. The van der Waals surface area contributed by atoms with Crippen LogP contribution in [0.15, 0.2) is 48.2 Å². The zero-order valence-electron chi connectivity index (χ0n) is 18.4. The molecule has 0 atom stereocenters. The normalized spacial score (nSPS) is 13.1. The molecule has 0 aromatic carbocycles. The van der Waals surface area contributed by atoms with E-state index in [0.29, 0.717) is 26.3 Å². The minimum Gasteiger partial charge on any atom is -0.459 e. The molecule has 0 aliphatic carbocycles. The topological polar surface area (TPSA) is 118 Å². The van der Waals surface area contributed by atoms with Gasteiger partial charge in [-0.05, 0) is 32.2 Å². The van der Waals surface area contributed by atoms with Crippen LogP contribution in [-0.2, 0) is 42.9 Å². The predicted molar refractivity (Wildman–Crippen MR) is 113 cm³/mol. The third-order valence-electron chi connectivity index (χ3n) is 3.84. The van der Waals surface area contributed by atoms with Gasteiger partial charge in [0.25, 0.3) is 0 Å². The molecule has 0 radical (unpaired) electrons. The Bertz CT molecular complexity index is 728. The number of hydrogen-bond donors (Lipinski definition) is 0.